The van der Waals surface area contributed by atoms with Gasteiger partial charge in [0, 0.05) is 9.86 Å². The van der Waals surface area contributed by atoms with Crippen molar-refractivity contribution in [1.29, 1.82) is 0 Å². The highest BCUT2D eigenvalue weighted by Crippen LogP contribution is 2.15. The van der Waals surface area contributed by atoms with Gasteiger partial charge in [-0.15, -0.1) is 0 Å². The molecule has 1 heterocycles. The number of carbonyl (C=O) groups excluding carboxylic acids is 1. The highest BCUT2D eigenvalue weighted by molar-refractivity contribution is 9.10. The maximum atomic E-state index is 12.1. The van der Waals surface area contributed by atoms with Crippen LogP contribution in [0, 0.1) is 0 Å². The van der Waals surface area contributed by atoms with Crippen molar-refractivity contribution in [3.05, 3.63) is 39.2 Å². The summed E-state index contributed by atoms with van der Waals surface area (Å²) in [5.74, 6) is -0.363. The molecule has 0 fully saturated rings. The monoisotopic (exact) mass is 310 g/mol. The van der Waals surface area contributed by atoms with E-state index in [-0.39, 0.29) is 24.5 Å². The second-order valence-corrected chi connectivity index (χ2v) is 4.65. The summed E-state index contributed by atoms with van der Waals surface area (Å²) in [6.45, 7) is 0.216. The average molecular weight is 311 g/mol. The van der Waals surface area contributed by atoms with Gasteiger partial charge in [-0.1, -0.05) is 22.0 Å². The third-order valence-electron chi connectivity index (χ3n) is 2.57. The normalized spacial score (nSPS) is 10.6. The number of methoxy groups -OCH3 is 1. The van der Waals surface area contributed by atoms with Gasteiger partial charge in [0.25, 0.3) is 5.56 Å². The van der Waals surface area contributed by atoms with Crippen LogP contribution in [-0.2, 0) is 16.1 Å². The third-order valence-corrected chi connectivity index (χ3v) is 3.07. The number of halogens is 1. The molecule has 5 nitrogen and oxygen atoms in total. The summed E-state index contributed by atoms with van der Waals surface area (Å²) in [6, 6.07) is 5.41. The predicted molar refractivity (Wildman–Crippen MR) is 70.3 cm³/mol. The van der Waals surface area contributed by atoms with Crippen LogP contribution in [0.3, 0.4) is 0 Å². The van der Waals surface area contributed by atoms with Crippen molar-refractivity contribution in [3.8, 4) is 0 Å². The number of rotatable bonds is 3. The van der Waals surface area contributed by atoms with Crippen LogP contribution >= 0.6 is 15.9 Å². The smallest absolute Gasteiger partial charge is 0.307 e. The molecule has 0 saturated carbocycles. The molecule has 1 aromatic carbocycles. The van der Waals surface area contributed by atoms with E-state index in [4.69, 9.17) is 0 Å². The number of hydrogen-bond acceptors (Lipinski definition) is 4. The number of hydrogen-bond donors (Lipinski definition) is 0. The van der Waals surface area contributed by atoms with Crippen molar-refractivity contribution in [3.63, 3.8) is 0 Å². The zero-order valence-corrected chi connectivity index (χ0v) is 11.3. The van der Waals surface area contributed by atoms with E-state index in [0.717, 1.165) is 9.86 Å². The molecule has 0 N–H and O–H groups in total. The van der Waals surface area contributed by atoms with Gasteiger partial charge in [-0.05, 0) is 12.1 Å². The molecule has 18 heavy (non-hydrogen) atoms. The standard InChI is InChI=1S/C12H11BrN2O3/c1-18-11(16)4-5-15-12(17)10-6-9(13)3-2-8(10)7-14-15/h2-3,6-7H,4-5H2,1H3. The minimum absolute atomic E-state index is 0.128. The fourth-order valence-corrected chi connectivity index (χ4v) is 1.97. The molecule has 0 spiro atoms. The maximum absolute atomic E-state index is 12.1. The van der Waals surface area contributed by atoms with Gasteiger partial charge in [0.2, 0.25) is 0 Å². The Labute approximate surface area is 111 Å². The first-order chi connectivity index (χ1) is 8.61. The van der Waals surface area contributed by atoms with Gasteiger partial charge in [0.05, 0.1) is 31.7 Å². The number of ether oxygens (including phenoxy) is 1. The summed E-state index contributed by atoms with van der Waals surface area (Å²) in [5, 5.41) is 5.37. The summed E-state index contributed by atoms with van der Waals surface area (Å²) in [5.41, 5.74) is -0.210. The Morgan fingerprint density at radius 2 is 2.28 bits per heavy atom. The summed E-state index contributed by atoms with van der Waals surface area (Å²) >= 11 is 3.32. The second-order valence-electron chi connectivity index (χ2n) is 3.73. The molecule has 0 aliphatic carbocycles. The molecular formula is C12H11BrN2O3. The first-order valence-electron chi connectivity index (χ1n) is 5.34. The van der Waals surface area contributed by atoms with Gasteiger partial charge < -0.3 is 4.74 Å². The van der Waals surface area contributed by atoms with Crippen LogP contribution in [-0.4, -0.2) is 22.9 Å². The van der Waals surface area contributed by atoms with Crippen molar-refractivity contribution in [2.75, 3.05) is 7.11 Å². The summed E-state index contributed by atoms with van der Waals surface area (Å²) in [4.78, 5) is 23.2. The zero-order chi connectivity index (χ0) is 13.1. The van der Waals surface area contributed by atoms with E-state index in [1.54, 1.807) is 12.3 Å². The van der Waals surface area contributed by atoms with Gasteiger partial charge in [-0.2, -0.15) is 5.10 Å². The first-order valence-corrected chi connectivity index (χ1v) is 6.13. The van der Waals surface area contributed by atoms with Crippen molar-refractivity contribution in [2.45, 2.75) is 13.0 Å². The minimum atomic E-state index is -0.363. The van der Waals surface area contributed by atoms with Crippen molar-refractivity contribution < 1.29 is 9.53 Å². The Bertz CT molecular complexity index is 651. The van der Waals surface area contributed by atoms with Crippen LogP contribution in [0.15, 0.2) is 33.7 Å². The Kier molecular flexibility index (Phi) is 3.76. The Hall–Kier alpha value is -1.69. The number of aromatic nitrogens is 2. The molecule has 6 heteroatoms. The molecule has 0 atom stereocenters. The molecule has 2 rings (SSSR count). The summed E-state index contributed by atoms with van der Waals surface area (Å²) in [7, 11) is 1.32. The van der Waals surface area contributed by atoms with Crippen LogP contribution in [0.1, 0.15) is 6.42 Å². The Balaban J connectivity index is 2.38. The van der Waals surface area contributed by atoms with Crippen molar-refractivity contribution in [2.24, 2.45) is 0 Å². The van der Waals surface area contributed by atoms with E-state index in [9.17, 15) is 9.59 Å². The fourth-order valence-electron chi connectivity index (χ4n) is 1.61. The molecule has 2 aromatic rings. The SMILES string of the molecule is COC(=O)CCn1ncc2ccc(Br)cc2c1=O. The highest BCUT2D eigenvalue weighted by atomic mass is 79.9. The van der Waals surface area contributed by atoms with Gasteiger partial charge in [0.15, 0.2) is 0 Å². The van der Waals surface area contributed by atoms with Crippen molar-refractivity contribution >= 4 is 32.7 Å². The van der Waals surface area contributed by atoms with Crippen LogP contribution in [0.5, 0.6) is 0 Å². The Morgan fingerprint density at radius 1 is 1.50 bits per heavy atom. The largest absolute Gasteiger partial charge is 0.469 e. The summed E-state index contributed by atoms with van der Waals surface area (Å²) in [6.07, 6.45) is 1.74. The number of esters is 1. The Morgan fingerprint density at radius 3 is 3.00 bits per heavy atom. The third kappa shape index (κ3) is 2.59. The molecular weight excluding hydrogens is 300 g/mol. The number of nitrogens with zero attached hydrogens (tertiary/aromatic N) is 2. The van der Waals surface area contributed by atoms with Crippen LogP contribution < -0.4 is 5.56 Å². The van der Waals surface area contributed by atoms with E-state index >= 15 is 0 Å². The fraction of sp³-hybridized carbons (Fsp3) is 0.250. The van der Waals surface area contributed by atoms with Crippen molar-refractivity contribution in [1.82, 2.24) is 9.78 Å². The van der Waals surface area contributed by atoms with Gasteiger partial charge in [0.1, 0.15) is 0 Å². The molecule has 0 aliphatic rings. The topological polar surface area (TPSA) is 61.2 Å². The maximum Gasteiger partial charge on any atom is 0.307 e. The molecule has 0 unspecified atom stereocenters. The lowest BCUT2D eigenvalue weighted by molar-refractivity contribution is -0.140. The van der Waals surface area contributed by atoms with E-state index in [2.05, 4.69) is 25.8 Å². The van der Waals surface area contributed by atoms with Gasteiger partial charge >= 0.3 is 5.97 Å². The van der Waals surface area contributed by atoms with Gasteiger partial charge in [-0.25, -0.2) is 4.68 Å². The van der Waals surface area contributed by atoms with E-state index < -0.39 is 0 Å². The molecule has 94 valence electrons. The molecule has 0 saturated heterocycles. The molecule has 1 aromatic heterocycles. The zero-order valence-electron chi connectivity index (χ0n) is 9.72. The number of fused-ring (bicyclic) bond motifs is 1. The number of aryl methyl sites for hydroxylation is 1. The lowest BCUT2D eigenvalue weighted by Crippen LogP contribution is -2.24. The summed E-state index contributed by atoms with van der Waals surface area (Å²) < 4.78 is 6.63. The predicted octanol–water partition coefficient (Wildman–Crippen LogP) is 1.72. The molecule has 0 aliphatic heterocycles. The van der Waals surface area contributed by atoms with E-state index in [1.807, 2.05) is 12.1 Å². The number of benzene rings is 1. The second kappa shape index (κ2) is 5.30. The highest BCUT2D eigenvalue weighted by Gasteiger charge is 2.07. The lowest BCUT2D eigenvalue weighted by atomic mass is 10.2. The quantitative estimate of drug-likeness (QED) is 0.810. The molecule has 0 bridgehead atoms. The van der Waals surface area contributed by atoms with E-state index in [1.165, 1.54) is 11.8 Å². The number of carbonyl (C=O) groups is 1. The first kappa shape index (κ1) is 12.8. The van der Waals surface area contributed by atoms with Crippen LogP contribution in [0.2, 0.25) is 0 Å². The van der Waals surface area contributed by atoms with Crippen LogP contribution in [0.25, 0.3) is 10.8 Å². The molecule has 0 radical (unpaired) electrons. The van der Waals surface area contributed by atoms with E-state index in [0.29, 0.717) is 5.39 Å². The molecule has 0 amide bonds. The van der Waals surface area contributed by atoms with Gasteiger partial charge in [-0.3, -0.25) is 9.59 Å². The average Bonchev–Trinajstić information content (AvgIpc) is 2.38. The lowest BCUT2D eigenvalue weighted by Gasteiger charge is -2.05. The minimum Gasteiger partial charge on any atom is -0.469 e. The van der Waals surface area contributed by atoms with Crippen LogP contribution in [0.4, 0.5) is 0 Å².